The number of hydrogen-bond acceptors (Lipinski definition) is 3. The summed E-state index contributed by atoms with van der Waals surface area (Å²) < 4.78 is 6.84. The largest absolute Gasteiger partial charge is 0.373 e. The van der Waals surface area contributed by atoms with Crippen molar-refractivity contribution in [1.82, 2.24) is 4.90 Å². The highest BCUT2D eigenvalue weighted by Gasteiger charge is 2.22. The zero-order valence-electron chi connectivity index (χ0n) is 11.7. The molecular formula is C15H23BrN2O. The zero-order valence-corrected chi connectivity index (χ0v) is 13.3. The van der Waals surface area contributed by atoms with Gasteiger partial charge in [0.05, 0.1) is 12.2 Å². The van der Waals surface area contributed by atoms with Gasteiger partial charge in [-0.15, -0.1) is 0 Å². The molecule has 0 amide bonds. The summed E-state index contributed by atoms with van der Waals surface area (Å²) in [4.78, 5) is 2.46. The minimum absolute atomic E-state index is 0.113. The van der Waals surface area contributed by atoms with Crippen LogP contribution in [0.4, 0.5) is 0 Å². The second-order valence-electron chi connectivity index (χ2n) is 5.46. The molecule has 2 rings (SSSR count). The summed E-state index contributed by atoms with van der Waals surface area (Å²) in [5.74, 6) is 0. The Kier molecular flexibility index (Phi) is 5.39. The second-order valence-corrected chi connectivity index (χ2v) is 6.38. The Morgan fingerprint density at radius 3 is 2.42 bits per heavy atom. The minimum Gasteiger partial charge on any atom is -0.373 e. The number of ether oxygens (including phenoxy) is 1. The van der Waals surface area contributed by atoms with Crippen molar-refractivity contribution in [2.24, 2.45) is 5.73 Å². The lowest BCUT2D eigenvalue weighted by Gasteiger charge is -2.35. The monoisotopic (exact) mass is 326 g/mol. The minimum atomic E-state index is 0.113. The van der Waals surface area contributed by atoms with E-state index in [0.717, 1.165) is 30.5 Å². The topological polar surface area (TPSA) is 38.5 Å². The molecule has 1 aliphatic heterocycles. The first-order chi connectivity index (χ1) is 9.04. The van der Waals surface area contributed by atoms with Crippen LogP contribution in [0.3, 0.4) is 0 Å². The lowest BCUT2D eigenvalue weighted by molar-refractivity contribution is -0.0684. The molecule has 0 spiro atoms. The lowest BCUT2D eigenvalue weighted by atomic mass is 10.0. The molecule has 1 aromatic carbocycles. The van der Waals surface area contributed by atoms with Crippen LogP contribution in [0.15, 0.2) is 28.7 Å². The number of morpholine rings is 1. The van der Waals surface area contributed by atoms with Gasteiger partial charge in [-0.1, -0.05) is 28.1 Å². The average Bonchev–Trinajstić information content (AvgIpc) is 2.36. The van der Waals surface area contributed by atoms with E-state index in [0.29, 0.717) is 12.2 Å². The Labute approximate surface area is 124 Å². The van der Waals surface area contributed by atoms with Crippen molar-refractivity contribution in [3.63, 3.8) is 0 Å². The predicted molar refractivity (Wildman–Crippen MR) is 82.1 cm³/mol. The van der Waals surface area contributed by atoms with Crippen molar-refractivity contribution < 1.29 is 4.74 Å². The molecule has 2 N–H and O–H groups in total. The molecule has 1 aromatic rings. The lowest BCUT2D eigenvalue weighted by Crippen LogP contribution is -2.46. The van der Waals surface area contributed by atoms with E-state index in [1.54, 1.807) is 0 Å². The maximum absolute atomic E-state index is 6.26. The smallest absolute Gasteiger partial charge is 0.0678 e. The average molecular weight is 327 g/mol. The first kappa shape index (κ1) is 15.0. The van der Waals surface area contributed by atoms with E-state index < -0.39 is 0 Å². The molecule has 0 aliphatic carbocycles. The van der Waals surface area contributed by atoms with E-state index in [-0.39, 0.29) is 6.04 Å². The number of benzene rings is 1. The maximum Gasteiger partial charge on any atom is 0.0678 e. The first-order valence-corrected chi connectivity index (χ1v) is 7.72. The van der Waals surface area contributed by atoms with E-state index >= 15 is 0 Å². The van der Waals surface area contributed by atoms with E-state index in [1.165, 1.54) is 5.56 Å². The molecule has 0 aromatic heterocycles. The van der Waals surface area contributed by atoms with Crippen molar-refractivity contribution in [2.45, 2.75) is 38.5 Å². The molecule has 1 saturated heterocycles. The molecule has 4 heteroatoms. The summed E-state index contributed by atoms with van der Waals surface area (Å²) in [6, 6.07) is 8.40. The summed E-state index contributed by atoms with van der Waals surface area (Å²) in [7, 11) is 0. The van der Waals surface area contributed by atoms with Crippen LogP contribution in [0, 0.1) is 0 Å². The highest BCUT2D eigenvalue weighted by atomic mass is 79.9. The predicted octanol–water partition coefficient (Wildman–Crippen LogP) is 2.95. The molecule has 0 saturated carbocycles. The van der Waals surface area contributed by atoms with Gasteiger partial charge in [0.25, 0.3) is 0 Å². The standard InChI is InChI=1S/C15H23BrN2O/c1-11-9-18(10-12(2)19-11)8-7-15(17)13-3-5-14(16)6-4-13/h3-6,11-12,15H,7-10,17H2,1-2H3/t11-,12+,15?. The molecule has 1 fully saturated rings. The summed E-state index contributed by atoms with van der Waals surface area (Å²) in [5, 5.41) is 0. The van der Waals surface area contributed by atoms with Gasteiger partial charge in [-0.2, -0.15) is 0 Å². The summed E-state index contributed by atoms with van der Waals surface area (Å²) >= 11 is 3.45. The highest BCUT2D eigenvalue weighted by Crippen LogP contribution is 2.19. The number of nitrogens with zero attached hydrogens (tertiary/aromatic N) is 1. The molecule has 0 radical (unpaired) electrons. The Balaban J connectivity index is 1.83. The van der Waals surface area contributed by atoms with Crippen LogP contribution in [0.5, 0.6) is 0 Å². The van der Waals surface area contributed by atoms with E-state index in [2.05, 4.69) is 46.8 Å². The number of hydrogen-bond donors (Lipinski definition) is 1. The van der Waals surface area contributed by atoms with E-state index in [9.17, 15) is 0 Å². The molecule has 1 aliphatic rings. The summed E-state index contributed by atoms with van der Waals surface area (Å²) in [6.07, 6.45) is 1.64. The molecule has 3 nitrogen and oxygen atoms in total. The SMILES string of the molecule is C[C@@H]1CN(CCC(N)c2ccc(Br)cc2)C[C@H](C)O1. The third-order valence-corrected chi connectivity index (χ3v) is 4.08. The van der Waals surface area contributed by atoms with Gasteiger partial charge >= 0.3 is 0 Å². The van der Waals surface area contributed by atoms with E-state index in [1.807, 2.05) is 12.1 Å². The Morgan fingerprint density at radius 2 is 1.84 bits per heavy atom. The van der Waals surface area contributed by atoms with Gasteiger partial charge in [-0.3, -0.25) is 4.90 Å². The van der Waals surface area contributed by atoms with Gasteiger partial charge in [0.1, 0.15) is 0 Å². The van der Waals surface area contributed by atoms with Gasteiger partial charge in [0, 0.05) is 30.1 Å². The van der Waals surface area contributed by atoms with Crippen molar-refractivity contribution in [3.05, 3.63) is 34.3 Å². The van der Waals surface area contributed by atoms with Crippen molar-refractivity contribution in [1.29, 1.82) is 0 Å². The first-order valence-electron chi connectivity index (χ1n) is 6.93. The van der Waals surface area contributed by atoms with Gasteiger partial charge < -0.3 is 10.5 Å². The van der Waals surface area contributed by atoms with Crippen molar-refractivity contribution in [2.75, 3.05) is 19.6 Å². The fraction of sp³-hybridized carbons (Fsp3) is 0.600. The van der Waals surface area contributed by atoms with Crippen LogP contribution in [-0.2, 0) is 4.74 Å². The molecule has 1 heterocycles. The van der Waals surface area contributed by atoms with Crippen LogP contribution in [0.25, 0.3) is 0 Å². The van der Waals surface area contributed by atoms with Crippen LogP contribution >= 0.6 is 15.9 Å². The normalized spacial score (nSPS) is 26.3. The third kappa shape index (κ3) is 4.56. The van der Waals surface area contributed by atoms with Crippen molar-refractivity contribution >= 4 is 15.9 Å². The van der Waals surface area contributed by atoms with Gasteiger partial charge in [-0.25, -0.2) is 0 Å². The van der Waals surface area contributed by atoms with Gasteiger partial charge in [0.15, 0.2) is 0 Å². The van der Waals surface area contributed by atoms with Crippen molar-refractivity contribution in [3.8, 4) is 0 Å². The van der Waals surface area contributed by atoms with Crippen LogP contribution in [0.2, 0.25) is 0 Å². The summed E-state index contributed by atoms with van der Waals surface area (Å²) in [5.41, 5.74) is 7.46. The fourth-order valence-corrected chi connectivity index (χ4v) is 2.93. The fourth-order valence-electron chi connectivity index (χ4n) is 2.67. The maximum atomic E-state index is 6.26. The Hall–Kier alpha value is -0.420. The van der Waals surface area contributed by atoms with Crippen LogP contribution < -0.4 is 5.73 Å². The highest BCUT2D eigenvalue weighted by molar-refractivity contribution is 9.10. The molecule has 3 atom stereocenters. The second kappa shape index (κ2) is 6.84. The Bertz CT molecular complexity index is 386. The molecular weight excluding hydrogens is 304 g/mol. The third-order valence-electron chi connectivity index (χ3n) is 3.55. The number of rotatable bonds is 4. The quantitative estimate of drug-likeness (QED) is 0.924. The van der Waals surface area contributed by atoms with Gasteiger partial charge in [-0.05, 0) is 38.0 Å². The zero-order chi connectivity index (χ0) is 13.8. The molecule has 0 bridgehead atoms. The van der Waals surface area contributed by atoms with Crippen LogP contribution in [0.1, 0.15) is 31.9 Å². The number of halogens is 1. The van der Waals surface area contributed by atoms with Gasteiger partial charge in [0.2, 0.25) is 0 Å². The van der Waals surface area contributed by atoms with E-state index in [4.69, 9.17) is 10.5 Å². The molecule has 19 heavy (non-hydrogen) atoms. The summed E-state index contributed by atoms with van der Waals surface area (Å²) in [6.45, 7) is 7.33. The number of nitrogens with two attached hydrogens (primary N) is 1. The van der Waals surface area contributed by atoms with Crippen LogP contribution in [-0.4, -0.2) is 36.7 Å². The Morgan fingerprint density at radius 1 is 1.26 bits per heavy atom. The molecule has 106 valence electrons. The molecule has 1 unspecified atom stereocenters.